The summed E-state index contributed by atoms with van der Waals surface area (Å²) < 4.78 is 40.6. The number of halogens is 2. The summed E-state index contributed by atoms with van der Waals surface area (Å²) in [6, 6.07) is 24.1. The molecule has 0 spiro atoms. The van der Waals surface area contributed by atoms with Crippen LogP contribution in [0.25, 0.3) is 0 Å². The van der Waals surface area contributed by atoms with Crippen molar-refractivity contribution in [2.45, 2.75) is 57.1 Å². The number of methoxy groups -OCH3 is 2. The lowest BCUT2D eigenvalue weighted by molar-refractivity contribution is -0.140. The number of hydrogen-bond donors (Lipinski definition) is 1. The number of carbonyl (C=O) groups excluding carboxylic acids is 2. The molecule has 0 aliphatic rings. The van der Waals surface area contributed by atoms with Gasteiger partial charge in [0.05, 0.1) is 24.8 Å². The van der Waals surface area contributed by atoms with Gasteiger partial charge in [0.2, 0.25) is 11.8 Å². The van der Waals surface area contributed by atoms with E-state index in [-0.39, 0.29) is 41.2 Å². The van der Waals surface area contributed by atoms with Crippen LogP contribution in [-0.4, -0.2) is 58.0 Å². The molecule has 0 saturated heterocycles. The van der Waals surface area contributed by atoms with E-state index in [1.54, 1.807) is 42.5 Å². The van der Waals surface area contributed by atoms with Gasteiger partial charge in [-0.15, -0.1) is 0 Å². The molecule has 0 aromatic heterocycles. The Balaban J connectivity index is 1.85. The second kappa shape index (κ2) is 16.9. The second-order valence-corrected chi connectivity index (χ2v) is 14.4. The number of ether oxygens (including phenoxy) is 2. The Bertz CT molecular complexity index is 1860. The number of sulfonamides is 1. The molecule has 4 aromatic rings. The van der Waals surface area contributed by atoms with Gasteiger partial charge in [-0.05, 0) is 67.8 Å². The van der Waals surface area contributed by atoms with Crippen LogP contribution < -0.4 is 19.1 Å². The number of benzene rings is 4. The first kappa shape index (κ1) is 37.6. The molecule has 0 fully saturated rings. The highest BCUT2D eigenvalue weighted by atomic mass is 35.5. The van der Waals surface area contributed by atoms with Crippen LogP contribution in [0.15, 0.2) is 95.9 Å². The molecule has 0 radical (unpaired) electrons. The third kappa shape index (κ3) is 9.47. The van der Waals surface area contributed by atoms with Gasteiger partial charge in [-0.3, -0.25) is 13.9 Å². The zero-order valence-corrected chi connectivity index (χ0v) is 30.5. The van der Waals surface area contributed by atoms with Crippen LogP contribution in [-0.2, 0) is 32.6 Å². The Morgan fingerprint density at radius 2 is 1.55 bits per heavy atom. The van der Waals surface area contributed by atoms with Crippen molar-refractivity contribution in [2.75, 3.05) is 25.1 Å². The molecular weight excluding hydrogens is 685 g/mol. The fourth-order valence-corrected chi connectivity index (χ4v) is 7.07. The number of hydrogen-bond acceptors (Lipinski definition) is 6. The average molecular weight is 727 g/mol. The number of anilines is 1. The highest BCUT2D eigenvalue weighted by molar-refractivity contribution is 7.92. The summed E-state index contributed by atoms with van der Waals surface area (Å²) in [6.45, 7) is 5.01. The van der Waals surface area contributed by atoms with Gasteiger partial charge in [-0.1, -0.05) is 84.2 Å². The number of carbonyl (C=O) groups is 2. The van der Waals surface area contributed by atoms with Crippen LogP contribution in [0, 0.1) is 6.92 Å². The van der Waals surface area contributed by atoms with Gasteiger partial charge in [0.1, 0.15) is 12.6 Å². The summed E-state index contributed by atoms with van der Waals surface area (Å²) >= 11 is 12.8. The Labute approximate surface area is 298 Å². The molecule has 0 heterocycles. The number of nitrogens with zero attached hydrogens (tertiary/aromatic N) is 2. The van der Waals surface area contributed by atoms with Crippen molar-refractivity contribution in [1.29, 1.82) is 0 Å². The lowest BCUT2D eigenvalue weighted by atomic mass is 10.0. The molecule has 49 heavy (non-hydrogen) atoms. The molecule has 4 rings (SSSR count). The SMILES string of the molecule is CC[C@H](C)NC(=O)[C@H](Cc1ccccc1)N(Cc1ccc(Cl)cc1Cl)C(=O)CN(c1ccc(C)cc1)S(=O)(=O)c1ccc(OC)c(OC)c1. The number of rotatable bonds is 15. The number of amides is 2. The van der Waals surface area contributed by atoms with Crippen molar-refractivity contribution >= 4 is 50.7 Å². The van der Waals surface area contributed by atoms with Gasteiger partial charge in [0, 0.05) is 35.1 Å². The number of nitrogens with one attached hydrogen (secondary N) is 1. The average Bonchev–Trinajstić information content (AvgIpc) is 3.09. The standard InChI is InChI=1S/C37H41Cl2N3O6S/c1-6-26(3)40-37(44)33(20-27-10-8-7-9-11-27)41(23-28-14-15-29(38)21-32(28)39)36(43)24-42(30-16-12-25(2)13-17-30)49(45,46)31-18-19-34(47-4)35(22-31)48-5/h7-19,21-22,26,33H,6,20,23-24H2,1-5H3,(H,40,44)/t26-,33-/m0/s1. The molecule has 0 aliphatic carbocycles. The summed E-state index contributed by atoms with van der Waals surface area (Å²) in [4.78, 5) is 30.0. The molecule has 0 bridgehead atoms. The molecule has 0 saturated carbocycles. The van der Waals surface area contributed by atoms with E-state index < -0.39 is 28.5 Å². The summed E-state index contributed by atoms with van der Waals surface area (Å²) in [5.74, 6) is -0.430. The Morgan fingerprint density at radius 1 is 0.878 bits per heavy atom. The lowest BCUT2D eigenvalue weighted by Crippen LogP contribution is -2.54. The van der Waals surface area contributed by atoms with Gasteiger partial charge in [-0.25, -0.2) is 8.42 Å². The molecular formula is C37H41Cl2N3O6S. The fraction of sp³-hybridized carbons (Fsp3) is 0.297. The second-order valence-electron chi connectivity index (χ2n) is 11.6. The first-order valence-corrected chi connectivity index (χ1v) is 18.0. The Kier molecular flexibility index (Phi) is 13.0. The molecule has 0 unspecified atom stereocenters. The summed E-state index contributed by atoms with van der Waals surface area (Å²) in [5.41, 5.74) is 2.53. The molecule has 9 nitrogen and oxygen atoms in total. The van der Waals surface area contributed by atoms with E-state index in [4.69, 9.17) is 32.7 Å². The maximum absolute atomic E-state index is 14.7. The minimum Gasteiger partial charge on any atom is -0.493 e. The topological polar surface area (TPSA) is 105 Å². The molecule has 1 N–H and O–H groups in total. The third-order valence-corrected chi connectivity index (χ3v) is 10.5. The third-order valence-electron chi connectivity index (χ3n) is 8.17. The lowest BCUT2D eigenvalue weighted by Gasteiger charge is -2.34. The van der Waals surface area contributed by atoms with Gasteiger partial charge in [0.25, 0.3) is 10.0 Å². The molecule has 2 atom stereocenters. The number of aryl methyl sites for hydroxylation is 1. The largest absolute Gasteiger partial charge is 0.493 e. The maximum Gasteiger partial charge on any atom is 0.264 e. The van der Waals surface area contributed by atoms with E-state index in [1.807, 2.05) is 51.1 Å². The quantitative estimate of drug-likeness (QED) is 0.141. The predicted molar refractivity (Wildman–Crippen MR) is 194 cm³/mol. The van der Waals surface area contributed by atoms with Crippen molar-refractivity contribution < 1.29 is 27.5 Å². The van der Waals surface area contributed by atoms with E-state index in [2.05, 4.69) is 5.32 Å². The summed E-state index contributed by atoms with van der Waals surface area (Å²) in [5, 5.41) is 3.74. The van der Waals surface area contributed by atoms with Crippen molar-refractivity contribution in [3.63, 3.8) is 0 Å². The highest BCUT2D eigenvalue weighted by Gasteiger charge is 2.35. The van der Waals surface area contributed by atoms with Crippen LogP contribution in [0.3, 0.4) is 0 Å². The fourth-order valence-electron chi connectivity index (χ4n) is 5.17. The predicted octanol–water partition coefficient (Wildman–Crippen LogP) is 7.07. The summed E-state index contributed by atoms with van der Waals surface area (Å²) in [6.07, 6.45) is 0.846. The van der Waals surface area contributed by atoms with E-state index in [0.29, 0.717) is 27.8 Å². The van der Waals surface area contributed by atoms with Crippen molar-refractivity contribution in [2.24, 2.45) is 0 Å². The minimum atomic E-state index is -4.36. The first-order chi connectivity index (χ1) is 23.4. The Morgan fingerprint density at radius 3 is 2.16 bits per heavy atom. The zero-order chi connectivity index (χ0) is 35.7. The van der Waals surface area contributed by atoms with E-state index >= 15 is 0 Å². The van der Waals surface area contributed by atoms with E-state index in [1.165, 1.54) is 37.3 Å². The van der Waals surface area contributed by atoms with Crippen LogP contribution in [0.1, 0.15) is 37.0 Å². The van der Waals surface area contributed by atoms with Crippen LogP contribution in [0.4, 0.5) is 5.69 Å². The summed E-state index contributed by atoms with van der Waals surface area (Å²) in [7, 11) is -1.50. The normalized spacial score (nSPS) is 12.5. The zero-order valence-electron chi connectivity index (χ0n) is 28.2. The van der Waals surface area contributed by atoms with E-state index in [0.717, 1.165) is 15.4 Å². The highest BCUT2D eigenvalue weighted by Crippen LogP contribution is 2.33. The van der Waals surface area contributed by atoms with Crippen molar-refractivity contribution in [3.05, 3.63) is 118 Å². The monoisotopic (exact) mass is 725 g/mol. The smallest absolute Gasteiger partial charge is 0.264 e. The van der Waals surface area contributed by atoms with Crippen LogP contribution in [0.5, 0.6) is 11.5 Å². The molecule has 260 valence electrons. The van der Waals surface area contributed by atoms with Crippen LogP contribution in [0.2, 0.25) is 10.0 Å². The van der Waals surface area contributed by atoms with Crippen molar-refractivity contribution in [3.8, 4) is 11.5 Å². The molecule has 2 amide bonds. The van der Waals surface area contributed by atoms with Gasteiger partial charge in [-0.2, -0.15) is 0 Å². The van der Waals surface area contributed by atoms with Crippen molar-refractivity contribution in [1.82, 2.24) is 10.2 Å². The van der Waals surface area contributed by atoms with E-state index in [9.17, 15) is 18.0 Å². The van der Waals surface area contributed by atoms with Gasteiger partial charge >= 0.3 is 0 Å². The Hall–Kier alpha value is -4.25. The van der Waals surface area contributed by atoms with Crippen LogP contribution >= 0.6 is 23.2 Å². The molecule has 4 aromatic carbocycles. The van der Waals surface area contributed by atoms with Gasteiger partial charge < -0.3 is 19.7 Å². The molecule has 0 aliphatic heterocycles. The molecule has 12 heteroatoms. The maximum atomic E-state index is 14.7. The first-order valence-electron chi connectivity index (χ1n) is 15.8. The minimum absolute atomic E-state index is 0.0849. The van der Waals surface area contributed by atoms with Gasteiger partial charge in [0.15, 0.2) is 11.5 Å².